The van der Waals surface area contributed by atoms with E-state index in [0.717, 1.165) is 17.7 Å². The summed E-state index contributed by atoms with van der Waals surface area (Å²) < 4.78 is 33.2. The number of amides is 1. The molecular formula is C19H24N2O4S2. The summed E-state index contributed by atoms with van der Waals surface area (Å²) in [5.74, 6) is -0.179. The summed E-state index contributed by atoms with van der Waals surface area (Å²) in [6.45, 7) is 3.90. The lowest BCUT2D eigenvalue weighted by molar-refractivity contribution is 0.0754. The highest BCUT2D eigenvalue weighted by Crippen LogP contribution is 2.18. The second-order valence-corrected chi connectivity index (χ2v) is 9.21. The Balaban J connectivity index is 1.72. The number of ether oxygens (including phenoxy) is 1. The van der Waals surface area contributed by atoms with Crippen LogP contribution in [0.15, 0.2) is 46.7 Å². The van der Waals surface area contributed by atoms with Gasteiger partial charge in [0.05, 0.1) is 17.5 Å². The van der Waals surface area contributed by atoms with Crippen molar-refractivity contribution in [1.82, 2.24) is 9.62 Å². The van der Waals surface area contributed by atoms with Crippen LogP contribution in [0.4, 0.5) is 0 Å². The van der Waals surface area contributed by atoms with Crippen LogP contribution in [0.1, 0.15) is 35.0 Å². The number of carbonyl (C=O) groups excluding carboxylic acids is 1. The van der Waals surface area contributed by atoms with Gasteiger partial charge < -0.3 is 9.64 Å². The molecule has 1 aromatic carbocycles. The van der Waals surface area contributed by atoms with Gasteiger partial charge >= 0.3 is 0 Å². The number of nitrogens with one attached hydrogen (secondary N) is 1. The van der Waals surface area contributed by atoms with Gasteiger partial charge in [-0.05, 0) is 49.4 Å². The summed E-state index contributed by atoms with van der Waals surface area (Å²) in [6, 6.07) is 10.1. The molecule has 1 amide bonds. The highest BCUT2D eigenvalue weighted by atomic mass is 32.2. The van der Waals surface area contributed by atoms with Gasteiger partial charge in [-0.3, -0.25) is 4.79 Å². The molecule has 27 heavy (non-hydrogen) atoms. The van der Waals surface area contributed by atoms with E-state index in [1.807, 2.05) is 24.4 Å². The van der Waals surface area contributed by atoms with Crippen LogP contribution in [0.25, 0.3) is 0 Å². The Morgan fingerprint density at radius 2 is 2.19 bits per heavy atom. The maximum absolute atomic E-state index is 12.8. The van der Waals surface area contributed by atoms with Crippen LogP contribution in [0, 0.1) is 0 Å². The Bertz CT molecular complexity index is 860. The molecule has 0 saturated carbocycles. The lowest BCUT2D eigenvalue weighted by Gasteiger charge is -2.20. The number of thiophene rings is 1. The SMILES string of the molecule is CCN(Cc1cccs1)C(=O)c1cccc(S(=O)(=O)NCC2CCCO2)c1. The molecule has 1 N–H and O–H groups in total. The average Bonchev–Trinajstić information content (AvgIpc) is 3.38. The molecule has 1 aromatic heterocycles. The van der Waals surface area contributed by atoms with E-state index in [-0.39, 0.29) is 23.5 Å². The zero-order chi connectivity index (χ0) is 19.3. The summed E-state index contributed by atoms with van der Waals surface area (Å²) in [4.78, 5) is 15.7. The molecule has 1 saturated heterocycles. The number of nitrogens with zero attached hydrogens (tertiary/aromatic N) is 1. The molecule has 0 radical (unpaired) electrons. The predicted molar refractivity (Wildman–Crippen MR) is 105 cm³/mol. The van der Waals surface area contributed by atoms with Crippen molar-refractivity contribution in [2.24, 2.45) is 0 Å². The standard InChI is InChI=1S/C19H24N2O4S2/c1-2-21(14-17-8-5-11-26-17)19(22)15-6-3-9-18(12-15)27(23,24)20-13-16-7-4-10-25-16/h3,5-6,8-9,11-12,16,20H,2,4,7,10,13-14H2,1H3. The van der Waals surface area contributed by atoms with E-state index in [2.05, 4.69) is 4.72 Å². The molecule has 3 rings (SSSR count). The fourth-order valence-corrected chi connectivity index (χ4v) is 4.82. The van der Waals surface area contributed by atoms with Gasteiger partial charge in [0.25, 0.3) is 5.91 Å². The lowest BCUT2D eigenvalue weighted by Crippen LogP contribution is -2.32. The van der Waals surface area contributed by atoms with Crippen molar-refractivity contribution in [2.45, 2.75) is 37.3 Å². The Kier molecular flexibility index (Phi) is 6.64. The fourth-order valence-electron chi connectivity index (χ4n) is 2.99. The van der Waals surface area contributed by atoms with Crippen molar-refractivity contribution in [3.05, 3.63) is 52.2 Å². The fraction of sp³-hybridized carbons (Fsp3) is 0.421. The molecule has 0 bridgehead atoms. The van der Waals surface area contributed by atoms with Crippen LogP contribution in [0.5, 0.6) is 0 Å². The third-order valence-corrected chi connectivity index (χ3v) is 6.79. The van der Waals surface area contributed by atoms with Crippen LogP contribution >= 0.6 is 11.3 Å². The number of sulfonamides is 1. The van der Waals surface area contributed by atoms with E-state index in [9.17, 15) is 13.2 Å². The maximum atomic E-state index is 12.8. The molecule has 1 aliphatic rings. The number of rotatable bonds is 8. The van der Waals surface area contributed by atoms with Crippen LogP contribution in [-0.2, 0) is 21.3 Å². The molecule has 6 nitrogen and oxygen atoms in total. The monoisotopic (exact) mass is 408 g/mol. The molecule has 1 aliphatic heterocycles. The third-order valence-electron chi connectivity index (χ3n) is 4.51. The van der Waals surface area contributed by atoms with Crippen molar-refractivity contribution < 1.29 is 17.9 Å². The number of benzene rings is 1. The van der Waals surface area contributed by atoms with Gasteiger partial charge in [-0.25, -0.2) is 13.1 Å². The molecule has 8 heteroatoms. The first-order chi connectivity index (χ1) is 13.0. The smallest absolute Gasteiger partial charge is 0.254 e. The van der Waals surface area contributed by atoms with Crippen molar-refractivity contribution in [3.63, 3.8) is 0 Å². The van der Waals surface area contributed by atoms with Crippen molar-refractivity contribution in [3.8, 4) is 0 Å². The molecule has 1 atom stereocenters. The summed E-state index contributed by atoms with van der Waals surface area (Å²) >= 11 is 1.59. The summed E-state index contributed by atoms with van der Waals surface area (Å²) in [5, 5.41) is 1.97. The molecule has 2 aromatic rings. The van der Waals surface area contributed by atoms with Crippen molar-refractivity contribution in [1.29, 1.82) is 0 Å². The van der Waals surface area contributed by atoms with Gasteiger partial charge in [-0.2, -0.15) is 0 Å². The number of hydrogen-bond donors (Lipinski definition) is 1. The Labute approximate surface area is 164 Å². The van der Waals surface area contributed by atoms with Gasteiger partial charge in [0.2, 0.25) is 10.0 Å². The first kappa shape index (κ1) is 20.0. The van der Waals surface area contributed by atoms with Crippen LogP contribution in [-0.4, -0.2) is 45.0 Å². The molecule has 2 heterocycles. The van der Waals surface area contributed by atoms with Crippen LogP contribution < -0.4 is 4.72 Å². The first-order valence-corrected chi connectivity index (χ1v) is 11.4. The minimum Gasteiger partial charge on any atom is -0.377 e. The minimum absolute atomic E-state index is 0.0778. The summed E-state index contributed by atoms with van der Waals surface area (Å²) in [5.41, 5.74) is 0.369. The summed E-state index contributed by atoms with van der Waals surface area (Å²) in [6.07, 6.45) is 1.73. The largest absolute Gasteiger partial charge is 0.377 e. The number of carbonyl (C=O) groups is 1. The Morgan fingerprint density at radius 3 is 2.85 bits per heavy atom. The van der Waals surface area contributed by atoms with E-state index < -0.39 is 10.0 Å². The molecule has 146 valence electrons. The van der Waals surface area contributed by atoms with E-state index >= 15 is 0 Å². The van der Waals surface area contributed by atoms with Gasteiger partial charge in [0.15, 0.2) is 0 Å². The predicted octanol–water partition coefficient (Wildman–Crippen LogP) is 2.87. The van der Waals surface area contributed by atoms with Gasteiger partial charge in [0, 0.05) is 30.1 Å². The maximum Gasteiger partial charge on any atom is 0.254 e. The molecule has 1 fully saturated rings. The molecule has 1 unspecified atom stereocenters. The summed E-state index contributed by atoms with van der Waals surface area (Å²) in [7, 11) is -3.68. The van der Waals surface area contributed by atoms with Crippen LogP contribution in [0.3, 0.4) is 0 Å². The molecular weight excluding hydrogens is 384 g/mol. The topological polar surface area (TPSA) is 75.7 Å². The lowest BCUT2D eigenvalue weighted by atomic mass is 10.2. The van der Waals surface area contributed by atoms with Gasteiger partial charge in [-0.1, -0.05) is 12.1 Å². The highest BCUT2D eigenvalue weighted by molar-refractivity contribution is 7.89. The first-order valence-electron chi connectivity index (χ1n) is 9.02. The highest BCUT2D eigenvalue weighted by Gasteiger charge is 2.22. The normalized spacial score (nSPS) is 17.1. The average molecular weight is 409 g/mol. The van der Waals surface area contributed by atoms with Crippen molar-refractivity contribution in [2.75, 3.05) is 19.7 Å². The molecule has 0 aliphatic carbocycles. The Hall–Kier alpha value is -1.74. The third kappa shape index (κ3) is 5.16. The van der Waals surface area contributed by atoms with E-state index in [0.29, 0.717) is 25.3 Å². The second kappa shape index (κ2) is 8.97. The van der Waals surface area contributed by atoms with Gasteiger partial charge in [0.1, 0.15) is 0 Å². The van der Waals surface area contributed by atoms with E-state index in [1.165, 1.54) is 12.1 Å². The van der Waals surface area contributed by atoms with E-state index in [1.54, 1.807) is 28.4 Å². The van der Waals surface area contributed by atoms with E-state index in [4.69, 9.17) is 4.74 Å². The van der Waals surface area contributed by atoms with Gasteiger partial charge in [-0.15, -0.1) is 11.3 Å². The molecule has 0 spiro atoms. The zero-order valence-electron chi connectivity index (χ0n) is 15.3. The second-order valence-electron chi connectivity index (χ2n) is 6.41. The quantitative estimate of drug-likeness (QED) is 0.729. The number of hydrogen-bond acceptors (Lipinski definition) is 5. The van der Waals surface area contributed by atoms with Crippen molar-refractivity contribution >= 4 is 27.3 Å². The zero-order valence-corrected chi connectivity index (χ0v) is 16.9. The van der Waals surface area contributed by atoms with Crippen LogP contribution in [0.2, 0.25) is 0 Å². The minimum atomic E-state index is -3.68. The Morgan fingerprint density at radius 1 is 1.33 bits per heavy atom.